The molecule has 0 radical (unpaired) electrons. The second kappa shape index (κ2) is 7.14. The van der Waals surface area contributed by atoms with Gasteiger partial charge in [0.05, 0.1) is 13.0 Å². The summed E-state index contributed by atoms with van der Waals surface area (Å²) < 4.78 is 5.51. The van der Waals surface area contributed by atoms with E-state index in [1.807, 2.05) is 37.4 Å². The summed E-state index contributed by atoms with van der Waals surface area (Å²) in [6, 6.07) is 9.51. The van der Waals surface area contributed by atoms with Crippen LogP contribution in [0, 0.1) is 5.41 Å². The average Bonchev–Trinajstić information content (AvgIpc) is 2.39. The highest BCUT2D eigenvalue weighted by Gasteiger charge is 2.20. The van der Waals surface area contributed by atoms with Gasteiger partial charge in [-0.05, 0) is 24.1 Å². The van der Waals surface area contributed by atoms with E-state index in [1.54, 1.807) is 4.90 Å². The fourth-order valence-corrected chi connectivity index (χ4v) is 1.76. The molecule has 0 heterocycles. The zero-order valence-corrected chi connectivity index (χ0v) is 12.1. The zero-order chi connectivity index (χ0) is 14.3. The highest BCUT2D eigenvalue weighted by Crippen LogP contribution is 2.14. The molecule has 1 aromatic rings. The summed E-state index contributed by atoms with van der Waals surface area (Å²) in [4.78, 5) is 13.7. The van der Waals surface area contributed by atoms with Crippen molar-refractivity contribution in [3.05, 3.63) is 30.3 Å². The van der Waals surface area contributed by atoms with Crippen LogP contribution in [0.2, 0.25) is 0 Å². The summed E-state index contributed by atoms with van der Waals surface area (Å²) in [5, 5.41) is 0. The first-order valence-corrected chi connectivity index (χ1v) is 6.56. The van der Waals surface area contributed by atoms with Crippen LogP contribution in [0.25, 0.3) is 0 Å². The Morgan fingerprint density at radius 1 is 1.32 bits per heavy atom. The first-order chi connectivity index (χ1) is 8.94. The van der Waals surface area contributed by atoms with E-state index in [9.17, 15) is 4.79 Å². The summed E-state index contributed by atoms with van der Waals surface area (Å²) >= 11 is 0. The van der Waals surface area contributed by atoms with Gasteiger partial charge >= 0.3 is 0 Å². The van der Waals surface area contributed by atoms with Crippen molar-refractivity contribution in [3.8, 4) is 5.75 Å². The first-order valence-electron chi connectivity index (χ1n) is 6.56. The Labute approximate surface area is 115 Å². The monoisotopic (exact) mass is 264 g/mol. The molecule has 0 aliphatic rings. The minimum atomic E-state index is -0.0509. The van der Waals surface area contributed by atoms with Crippen LogP contribution in [0.4, 0.5) is 0 Å². The molecule has 0 saturated heterocycles. The van der Waals surface area contributed by atoms with Crippen molar-refractivity contribution in [1.29, 1.82) is 0 Å². The number of para-hydroxylation sites is 1. The molecule has 0 aliphatic heterocycles. The van der Waals surface area contributed by atoms with Gasteiger partial charge in [0.25, 0.3) is 0 Å². The Morgan fingerprint density at radius 3 is 2.53 bits per heavy atom. The maximum Gasteiger partial charge on any atom is 0.225 e. The molecule has 19 heavy (non-hydrogen) atoms. The highest BCUT2D eigenvalue weighted by atomic mass is 16.5. The third-order valence-corrected chi connectivity index (χ3v) is 2.97. The van der Waals surface area contributed by atoms with Gasteiger partial charge in [0, 0.05) is 13.6 Å². The zero-order valence-electron chi connectivity index (χ0n) is 12.1. The Balaban J connectivity index is 2.31. The quantitative estimate of drug-likeness (QED) is 0.818. The van der Waals surface area contributed by atoms with E-state index in [2.05, 4.69) is 13.8 Å². The first kappa shape index (κ1) is 15.5. The van der Waals surface area contributed by atoms with E-state index in [0.29, 0.717) is 26.1 Å². The molecule has 2 N–H and O–H groups in total. The van der Waals surface area contributed by atoms with Crippen molar-refractivity contribution < 1.29 is 9.53 Å². The van der Waals surface area contributed by atoms with Gasteiger partial charge in [-0.15, -0.1) is 0 Å². The predicted octanol–water partition coefficient (Wildman–Crippen LogP) is 1.90. The third kappa shape index (κ3) is 5.75. The lowest BCUT2D eigenvalue weighted by atomic mass is 9.93. The number of hydrogen-bond donors (Lipinski definition) is 1. The van der Waals surface area contributed by atoms with E-state index < -0.39 is 0 Å². The maximum absolute atomic E-state index is 11.9. The molecule has 1 aromatic carbocycles. The lowest BCUT2D eigenvalue weighted by Crippen LogP contribution is -2.40. The molecule has 0 unspecified atom stereocenters. The number of amides is 1. The third-order valence-electron chi connectivity index (χ3n) is 2.97. The fourth-order valence-electron chi connectivity index (χ4n) is 1.76. The van der Waals surface area contributed by atoms with Crippen LogP contribution in [0.3, 0.4) is 0 Å². The van der Waals surface area contributed by atoms with Crippen LogP contribution >= 0.6 is 0 Å². The standard InChI is InChI=1S/C15H24N2O2/c1-15(2,11-16)12-17(3)14(18)9-10-19-13-7-5-4-6-8-13/h4-8H,9-12,16H2,1-3H3. The normalized spacial score (nSPS) is 11.2. The van der Waals surface area contributed by atoms with E-state index in [1.165, 1.54) is 0 Å². The van der Waals surface area contributed by atoms with Crippen molar-refractivity contribution >= 4 is 5.91 Å². The number of rotatable bonds is 7. The molecule has 4 heteroatoms. The van der Waals surface area contributed by atoms with E-state index in [4.69, 9.17) is 10.5 Å². The number of benzene rings is 1. The van der Waals surface area contributed by atoms with Gasteiger partial charge in [-0.3, -0.25) is 4.79 Å². The molecule has 1 rings (SSSR count). The average molecular weight is 264 g/mol. The number of ether oxygens (including phenoxy) is 1. The molecular formula is C15H24N2O2. The SMILES string of the molecule is CN(CC(C)(C)CN)C(=O)CCOc1ccccc1. The van der Waals surface area contributed by atoms with Crippen LogP contribution in [0.15, 0.2) is 30.3 Å². The van der Waals surface area contributed by atoms with Gasteiger partial charge in [0.15, 0.2) is 0 Å². The van der Waals surface area contributed by atoms with Crippen molar-refractivity contribution in [3.63, 3.8) is 0 Å². The highest BCUT2D eigenvalue weighted by molar-refractivity contribution is 5.76. The second-order valence-electron chi connectivity index (χ2n) is 5.53. The van der Waals surface area contributed by atoms with Crippen molar-refractivity contribution in [1.82, 2.24) is 4.90 Å². The van der Waals surface area contributed by atoms with E-state index in [-0.39, 0.29) is 11.3 Å². The summed E-state index contributed by atoms with van der Waals surface area (Å²) in [6.07, 6.45) is 0.381. The van der Waals surface area contributed by atoms with Crippen LogP contribution < -0.4 is 10.5 Å². The number of nitrogens with zero attached hydrogens (tertiary/aromatic N) is 1. The molecule has 1 amide bonds. The van der Waals surface area contributed by atoms with Crippen molar-refractivity contribution in [2.24, 2.45) is 11.1 Å². The summed E-state index contributed by atoms with van der Waals surface area (Å²) in [5.41, 5.74) is 5.62. The lowest BCUT2D eigenvalue weighted by Gasteiger charge is -2.29. The maximum atomic E-state index is 11.9. The summed E-state index contributed by atoms with van der Waals surface area (Å²) in [5.74, 6) is 0.873. The van der Waals surface area contributed by atoms with E-state index in [0.717, 1.165) is 5.75 Å². The Hall–Kier alpha value is -1.55. The van der Waals surface area contributed by atoms with Gasteiger partial charge < -0.3 is 15.4 Å². The Kier molecular flexibility index (Phi) is 5.83. The van der Waals surface area contributed by atoms with Gasteiger partial charge in [0.2, 0.25) is 5.91 Å². The number of carbonyl (C=O) groups excluding carboxylic acids is 1. The second-order valence-corrected chi connectivity index (χ2v) is 5.53. The molecule has 0 fully saturated rings. The molecule has 106 valence electrons. The molecule has 0 spiro atoms. The van der Waals surface area contributed by atoms with Gasteiger partial charge in [-0.2, -0.15) is 0 Å². The smallest absolute Gasteiger partial charge is 0.225 e. The number of hydrogen-bond acceptors (Lipinski definition) is 3. The van der Waals surface area contributed by atoms with Gasteiger partial charge in [-0.25, -0.2) is 0 Å². The molecule has 0 saturated carbocycles. The van der Waals surface area contributed by atoms with Gasteiger partial charge in [-0.1, -0.05) is 32.0 Å². The Morgan fingerprint density at radius 2 is 1.95 bits per heavy atom. The van der Waals surface area contributed by atoms with E-state index >= 15 is 0 Å². The molecular weight excluding hydrogens is 240 g/mol. The molecule has 0 aliphatic carbocycles. The predicted molar refractivity (Wildman–Crippen MR) is 77.0 cm³/mol. The molecule has 4 nitrogen and oxygen atoms in total. The minimum absolute atomic E-state index is 0.0509. The van der Waals surface area contributed by atoms with Crippen molar-refractivity contribution in [2.75, 3.05) is 26.7 Å². The van der Waals surface area contributed by atoms with Crippen LogP contribution in [-0.2, 0) is 4.79 Å². The lowest BCUT2D eigenvalue weighted by molar-refractivity contribution is -0.131. The summed E-state index contributed by atoms with van der Waals surface area (Å²) in [6.45, 7) is 5.73. The molecule has 0 aromatic heterocycles. The fraction of sp³-hybridized carbons (Fsp3) is 0.533. The number of nitrogens with two attached hydrogens (primary N) is 1. The molecule has 0 atom stereocenters. The molecule has 0 bridgehead atoms. The number of carbonyl (C=O) groups is 1. The summed E-state index contributed by atoms with van der Waals surface area (Å²) in [7, 11) is 1.81. The van der Waals surface area contributed by atoms with Crippen LogP contribution in [-0.4, -0.2) is 37.6 Å². The topological polar surface area (TPSA) is 55.6 Å². The van der Waals surface area contributed by atoms with Crippen LogP contribution in [0.5, 0.6) is 5.75 Å². The Bertz CT molecular complexity index is 390. The van der Waals surface area contributed by atoms with Gasteiger partial charge in [0.1, 0.15) is 5.75 Å². The largest absolute Gasteiger partial charge is 0.493 e. The minimum Gasteiger partial charge on any atom is -0.493 e. The van der Waals surface area contributed by atoms with Crippen molar-refractivity contribution in [2.45, 2.75) is 20.3 Å². The van der Waals surface area contributed by atoms with Crippen LogP contribution in [0.1, 0.15) is 20.3 Å².